The average Bonchev–Trinajstić information content (AvgIpc) is 2.85. The Morgan fingerprint density at radius 1 is 1.24 bits per heavy atom. The van der Waals surface area contributed by atoms with Crippen LogP contribution in [0, 0.1) is 0 Å². The maximum Gasteiger partial charge on any atom is 0.328 e. The normalized spacial score (nSPS) is 12.5. The second kappa shape index (κ2) is 5.22. The molecule has 21 heavy (non-hydrogen) atoms. The molecule has 1 atom stereocenters. The molecule has 0 bridgehead atoms. The van der Waals surface area contributed by atoms with Crippen LogP contribution in [0.15, 0.2) is 48.5 Å². The van der Waals surface area contributed by atoms with Crippen LogP contribution in [0.1, 0.15) is 13.0 Å². The van der Waals surface area contributed by atoms with Crippen molar-refractivity contribution >= 4 is 28.5 Å². The van der Waals surface area contributed by atoms with Gasteiger partial charge in [0, 0.05) is 16.0 Å². The predicted molar refractivity (Wildman–Crippen MR) is 82.5 cm³/mol. The van der Waals surface area contributed by atoms with Crippen LogP contribution < -0.4 is 0 Å². The summed E-state index contributed by atoms with van der Waals surface area (Å²) in [5.41, 5.74) is 2.43. The van der Waals surface area contributed by atoms with Crippen LogP contribution in [0.2, 0.25) is 5.02 Å². The van der Waals surface area contributed by atoms with Crippen LogP contribution >= 0.6 is 11.6 Å². The first-order chi connectivity index (χ1) is 10.1. The van der Waals surface area contributed by atoms with Crippen molar-refractivity contribution in [2.75, 3.05) is 0 Å². The van der Waals surface area contributed by atoms with E-state index in [4.69, 9.17) is 11.6 Å². The molecule has 0 aliphatic carbocycles. The molecule has 0 fully saturated rings. The van der Waals surface area contributed by atoms with Gasteiger partial charge in [0.25, 0.3) is 0 Å². The third-order valence-electron chi connectivity index (χ3n) is 3.44. The van der Waals surface area contributed by atoms with Gasteiger partial charge in [-0.1, -0.05) is 41.9 Å². The minimum atomic E-state index is -0.922. The van der Waals surface area contributed by atoms with Gasteiger partial charge in [0.05, 0.1) is 5.52 Å². The van der Waals surface area contributed by atoms with Crippen LogP contribution in [-0.2, 0) is 4.79 Å². The Morgan fingerprint density at radius 2 is 1.95 bits per heavy atom. The first kappa shape index (κ1) is 13.6. The fourth-order valence-electron chi connectivity index (χ4n) is 2.32. The molecular formula is C16H13ClN2O2. The SMILES string of the molecule is C[C@H](C(=O)O)n1nc(-c2ccccc2)c2cc(Cl)ccc21. The number of benzene rings is 2. The number of hydrogen-bond donors (Lipinski definition) is 1. The number of carbonyl (C=O) groups is 1. The van der Waals surface area contributed by atoms with Gasteiger partial charge in [0.15, 0.2) is 0 Å². The van der Waals surface area contributed by atoms with Crippen molar-refractivity contribution in [2.24, 2.45) is 0 Å². The second-order valence-electron chi connectivity index (χ2n) is 4.83. The number of rotatable bonds is 3. The summed E-state index contributed by atoms with van der Waals surface area (Å²) in [4.78, 5) is 11.3. The van der Waals surface area contributed by atoms with E-state index in [1.165, 1.54) is 4.68 Å². The van der Waals surface area contributed by atoms with Gasteiger partial charge >= 0.3 is 5.97 Å². The standard InChI is InChI=1S/C16H13ClN2O2/c1-10(16(20)21)19-14-8-7-12(17)9-13(14)15(18-19)11-5-3-2-4-6-11/h2-10H,1H3,(H,20,21)/t10-/m1/s1. The number of halogens is 1. The Morgan fingerprint density at radius 3 is 2.62 bits per heavy atom. The predicted octanol–water partition coefficient (Wildman–Crippen LogP) is 4.00. The van der Waals surface area contributed by atoms with E-state index in [-0.39, 0.29) is 0 Å². The maximum absolute atomic E-state index is 11.3. The van der Waals surface area contributed by atoms with E-state index in [1.807, 2.05) is 36.4 Å². The molecule has 5 heteroatoms. The molecule has 1 aromatic heterocycles. The summed E-state index contributed by atoms with van der Waals surface area (Å²) in [5, 5.41) is 15.2. The summed E-state index contributed by atoms with van der Waals surface area (Å²) in [6.45, 7) is 1.61. The average molecular weight is 301 g/mol. The highest BCUT2D eigenvalue weighted by Gasteiger charge is 2.20. The highest BCUT2D eigenvalue weighted by molar-refractivity contribution is 6.31. The lowest BCUT2D eigenvalue weighted by molar-refractivity contribution is -0.140. The third-order valence-corrected chi connectivity index (χ3v) is 3.67. The van der Waals surface area contributed by atoms with Gasteiger partial charge in [-0.25, -0.2) is 4.79 Å². The van der Waals surface area contributed by atoms with Crippen molar-refractivity contribution in [3.8, 4) is 11.3 Å². The highest BCUT2D eigenvalue weighted by atomic mass is 35.5. The van der Waals surface area contributed by atoms with E-state index in [1.54, 1.807) is 19.1 Å². The minimum Gasteiger partial charge on any atom is -0.480 e. The summed E-state index contributed by atoms with van der Waals surface area (Å²) in [7, 11) is 0. The molecule has 0 saturated carbocycles. The Balaban J connectivity index is 2.30. The lowest BCUT2D eigenvalue weighted by Crippen LogP contribution is -2.16. The van der Waals surface area contributed by atoms with Crippen LogP contribution in [0.5, 0.6) is 0 Å². The summed E-state index contributed by atoms with van der Waals surface area (Å²) >= 11 is 6.08. The van der Waals surface area contributed by atoms with Gasteiger partial charge in [-0.2, -0.15) is 5.10 Å². The number of fused-ring (bicyclic) bond motifs is 1. The van der Waals surface area contributed by atoms with E-state index in [9.17, 15) is 9.90 Å². The van der Waals surface area contributed by atoms with Crippen molar-refractivity contribution in [1.82, 2.24) is 9.78 Å². The number of carboxylic acid groups (broad SMARTS) is 1. The molecule has 1 heterocycles. The zero-order valence-corrected chi connectivity index (χ0v) is 12.1. The molecule has 0 spiro atoms. The molecule has 3 rings (SSSR count). The minimum absolute atomic E-state index is 0.599. The molecule has 0 amide bonds. The van der Waals surface area contributed by atoms with Crippen molar-refractivity contribution in [1.29, 1.82) is 0 Å². The van der Waals surface area contributed by atoms with E-state index < -0.39 is 12.0 Å². The van der Waals surface area contributed by atoms with Crippen molar-refractivity contribution in [3.05, 3.63) is 53.6 Å². The summed E-state index contributed by atoms with van der Waals surface area (Å²) in [6.07, 6.45) is 0. The van der Waals surface area contributed by atoms with Gasteiger partial charge in [-0.05, 0) is 25.1 Å². The Hall–Kier alpha value is -2.33. The van der Waals surface area contributed by atoms with E-state index in [0.29, 0.717) is 5.02 Å². The van der Waals surface area contributed by atoms with Gasteiger partial charge in [0.1, 0.15) is 11.7 Å². The molecule has 0 aliphatic rings. The molecule has 1 N–H and O–H groups in total. The van der Waals surface area contributed by atoms with Crippen molar-refractivity contribution < 1.29 is 9.90 Å². The van der Waals surface area contributed by atoms with Crippen molar-refractivity contribution in [2.45, 2.75) is 13.0 Å². The molecule has 3 aromatic rings. The van der Waals surface area contributed by atoms with E-state index in [2.05, 4.69) is 5.10 Å². The third kappa shape index (κ3) is 2.38. The zero-order chi connectivity index (χ0) is 15.0. The summed E-state index contributed by atoms with van der Waals surface area (Å²) in [5.74, 6) is -0.922. The molecule has 0 saturated heterocycles. The molecule has 4 nitrogen and oxygen atoms in total. The Labute approximate surface area is 126 Å². The number of hydrogen-bond acceptors (Lipinski definition) is 2. The fraction of sp³-hybridized carbons (Fsp3) is 0.125. The highest BCUT2D eigenvalue weighted by Crippen LogP contribution is 2.31. The van der Waals surface area contributed by atoms with E-state index >= 15 is 0 Å². The molecule has 0 radical (unpaired) electrons. The quantitative estimate of drug-likeness (QED) is 0.795. The van der Waals surface area contributed by atoms with Gasteiger partial charge < -0.3 is 5.11 Å². The maximum atomic E-state index is 11.3. The smallest absolute Gasteiger partial charge is 0.328 e. The van der Waals surface area contributed by atoms with Crippen LogP contribution in [0.3, 0.4) is 0 Å². The first-order valence-electron chi connectivity index (χ1n) is 6.54. The molecule has 2 aromatic carbocycles. The van der Waals surface area contributed by atoms with Gasteiger partial charge in [0.2, 0.25) is 0 Å². The Kier molecular flexibility index (Phi) is 3.39. The molecule has 0 unspecified atom stereocenters. The van der Waals surface area contributed by atoms with Gasteiger partial charge in [-0.3, -0.25) is 4.68 Å². The number of carboxylic acids is 1. The summed E-state index contributed by atoms with van der Waals surface area (Å²) in [6, 6.07) is 14.3. The number of nitrogens with zero attached hydrogens (tertiary/aromatic N) is 2. The van der Waals surface area contributed by atoms with Crippen LogP contribution in [-0.4, -0.2) is 20.9 Å². The lowest BCUT2D eigenvalue weighted by atomic mass is 10.1. The van der Waals surface area contributed by atoms with Crippen molar-refractivity contribution in [3.63, 3.8) is 0 Å². The molecule has 106 valence electrons. The first-order valence-corrected chi connectivity index (χ1v) is 6.91. The second-order valence-corrected chi connectivity index (χ2v) is 5.27. The van der Waals surface area contributed by atoms with E-state index in [0.717, 1.165) is 22.2 Å². The summed E-state index contributed by atoms with van der Waals surface area (Å²) < 4.78 is 1.52. The monoisotopic (exact) mass is 300 g/mol. The lowest BCUT2D eigenvalue weighted by Gasteiger charge is -2.07. The van der Waals surface area contributed by atoms with Crippen LogP contribution in [0.25, 0.3) is 22.2 Å². The fourth-order valence-corrected chi connectivity index (χ4v) is 2.49. The van der Waals surface area contributed by atoms with Crippen LogP contribution in [0.4, 0.5) is 0 Å². The number of aromatic nitrogens is 2. The largest absolute Gasteiger partial charge is 0.480 e. The molecule has 0 aliphatic heterocycles. The number of aliphatic carboxylic acids is 1. The topological polar surface area (TPSA) is 55.1 Å². The van der Waals surface area contributed by atoms with Gasteiger partial charge in [-0.15, -0.1) is 0 Å². The Bertz CT molecular complexity index is 812. The molecular weight excluding hydrogens is 288 g/mol. The zero-order valence-electron chi connectivity index (χ0n) is 11.3.